The molecular weight excluding hydrogens is 637 g/mol. The molecule has 1 N–H and O–H groups in total. The Morgan fingerprint density at radius 2 is 1.63 bits per heavy atom. The monoisotopic (exact) mass is 667 g/mol. The summed E-state index contributed by atoms with van der Waals surface area (Å²) < 4.78 is 29.5. The van der Waals surface area contributed by atoms with Gasteiger partial charge in [0, 0.05) is 21.2 Å². The van der Waals surface area contributed by atoms with Gasteiger partial charge in [0.15, 0.2) is 0 Å². The Hall–Kier alpha value is -2.63. The molecule has 0 aromatic heterocycles. The van der Waals surface area contributed by atoms with Gasteiger partial charge in [-0.25, -0.2) is 8.42 Å². The first kappa shape index (κ1) is 29.9. The molecule has 202 valence electrons. The van der Waals surface area contributed by atoms with E-state index in [1.807, 2.05) is 19.9 Å². The number of carbonyl (C=O) groups is 2. The highest BCUT2D eigenvalue weighted by atomic mass is 127. The fraction of sp³-hybridized carbons (Fsp3) is 0.286. The van der Waals surface area contributed by atoms with Gasteiger partial charge >= 0.3 is 0 Å². The van der Waals surface area contributed by atoms with Gasteiger partial charge in [0.1, 0.15) is 12.6 Å². The number of halogens is 2. The third-order valence-corrected chi connectivity index (χ3v) is 8.88. The van der Waals surface area contributed by atoms with Crippen LogP contribution < -0.4 is 9.62 Å². The molecule has 0 aliphatic heterocycles. The fourth-order valence-electron chi connectivity index (χ4n) is 3.74. The number of nitrogens with one attached hydrogen (secondary N) is 1. The fourth-order valence-corrected chi connectivity index (χ4v) is 5.74. The summed E-state index contributed by atoms with van der Waals surface area (Å²) in [6.07, 6.45) is 0.733. The average Bonchev–Trinajstić information content (AvgIpc) is 2.90. The standard InChI is InChI=1S/C28H31ClIN3O4S/c1-4-20(2)31-28(35)21(3)32(18-22-9-8-10-23(29)17-22)27(34)19-33(25-15-13-24(30)14-16-25)38(36,37)26-11-6-5-7-12-26/h5-17,20-21H,4,18-19H2,1-3H3,(H,31,35)/t20-,21-/m1/s1. The molecule has 2 amide bonds. The molecule has 10 heteroatoms. The van der Waals surface area contributed by atoms with Crippen LogP contribution in [-0.2, 0) is 26.2 Å². The minimum absolute atomic E-state index is 0.0651. The largest absolute Gasteiger partial charge is 0.352 e. The van der Waals surface area contributed by atoms with Gasteiger partial charge in [0.2, 0.25) is 11.8 Å². The van der Waals surface area contributed by atoms with Crippen molar-refractivity contribution in [1.29, 1.82) is 0 Å². The number of sulfonamides is 1. The van der Waals surface area contributed by atoms with Gasteiger partial charge in [-0.05, 0) is 97.0 Å². The molecule has 0 saturated carbocycles. The van der Waals surface area contributed by atoms with Crippen LogP contribution in [0, 0.1) is 3.57 Å². The number of nitrogens with zero attached hydrogens (tertiary/aromatic N) is 2. The van der Waals surface area contributed by atoms with Crippen molar-refractivity contribution in [1.82, 2.24) is 10.2 Å². The summed E-state index contributed by atoms with van der Waals surface area (Å²) in [4.78, 5) is 28.4. The molecule has 0 radical (unpaired) electrons. The van der Waals surface area contributed by atoms with Crippen molar-refractivity contribution in [2.75, 3.05) is 10.8 Å². The van der Waals surface area contributed by atoms with E-state index in [0.29, 0.717) is 10.7 Å². The van der Waals surface area contributed by atoms with Crippen molar-refractivity contribution in [2.24, 2.45) is 0 Å². The predicted octanol–water partition coefficient (Wildman–Crippen LogP) is 5.47. The van der Waals surface area contributed by atoms with Crippen LogP contribution in [0.1, 0.15) is 32.8 Å². The lowest BCUT2D eigenvalue weighted by Crippen LogP contribution is -2.52. The van der Waals surface area contributed by atoms with Gasteiger partial charge in [-0.1, -0.05) is 48.9 Å². The molecule has 0 heterocycles. The van der Waals surface area contributed by atoms with E-state index in [1.54, 1.807) is 67.6 Å². The summed E-state index contributed by atoms with van der Waals surface area (Å²) in [6.45, 7) is 5.08. The van der Waals surface area contributed by atoms with Crippen LogP contribution >= 0.6 is 34.2 Å². The Balaban J connectivity index is 2.01. The van der Waals surface area contributed by atoms with Gasteiger partial charge < -0.3 is 10.2 Å². The summed E-state index contributed by atoms with van der Waals surface area (Å²) in [6, 6.07) is 20.9. The maximum atomic E-state index is 13.9. The topological polar surface area (TPSA) is 86.8 Å². The van der Waals surface area contributed by atoms with Gasteiger partial charge in [-0.2, -0.15) is 0 Å². The third kappa shape index (κ3) is 7.70. The third-order valence-electron chi connectivity index (χ3n) is 6.13. The molecule has 0 saturated heterocycles. The van der Waals surface area contributed by atoms with Crippen LogP contribution in [0.15, 0.2) is 83.8 Å². The number of benzene rings is 3. The Bertz CT molecular complexity index is 1350. The number of amides is 2. The molecule has 0 bridgehead atoms. The Morgan fingerprint density at radius 3 is 2.24 bits per heavy atom. The molecule has 3 aromatic rings. The molecule has 0 fully saturated rings. The molecule has 0 aliphatic carbocycles. The number of carbonyl (C=O) groups excluding carboxylic acids is 2. The minimum Gasteiger partial charge on any atom is -0.352 e. The molecule has 38 heavy (non-hydrogen) atoms. The number of rotatable bonds is 11. The van der Waals surface area contributed by atoms with Crippen LogP contribution in [-0.4, -0.2) is 43.8 Å². The van der Waals surface area contributed by atoms with Crippen LogP contribution in [0.2, 0.25) is 5.02 Å². The Morgan fingerprint density at radius 1 is 0.974 bits per heavy atom. The maximum Gasteiger partial charge on any atom is 0.264 e. The Labute approximate surface area is 243 Å². The molecule has 3 aromatic carbocycles. The zero-order valence-corrected chi connectivity index (χ0v) is 25.2. The normalized spacial score (nSPS) is 12.9. The molecule has 0 spiro atoms. The van der Waals surface area contributed by atoms with Crippen LogP contribution in [0.5, 0.6) is 0 Å². The zero-order chi connectivity index (χ0) is 27.9. The first-order valence-corrected chi connectivity index (χ1v) is 15.1. The molecule has 3 rings (SSSR count). The van der Waals surface area contributed by atoms with E-state index >= 15 is 0 Å². The SMILES string of the molecule is CC[C@@H](C)NC(=O)[C@@H](C)N(Cc1cccc(Cl)c1)C(=O)CN(c1ccc(I)cc1)S(=O)(=O)c1ccccc1. The first-order valence-electron chi connectivity index (χ1n) is 12.2. The zero-order valence-electron chi connectivity index (χ0n) is 21.5. The minimum atomic E-state index is -4.08. The summed E-state index contributed by atoms with van der Waals surface area (Å²) >= 11 is 8.30. The van der Waals surface area contributed by atoms with Crippen molar-refractivity contribution in [3.8, 4) is 0 Å². The van der Waals surface area contributed by atoms with E-state index in [-0.39, 0.29) is 23.4 Å². The quantitative estimate of drug-likeness (QED) is 0.275. The molecule has 7 nitrogen and oxygen atoms in total. The van der Waals surface area contributed by atoms with Crippen LogP contribution in [0.4, 0.5) is 5.69 Å². The van der Waals surface area contributed by atoms with Gasteiger partial charge in [0.25, 0.3) is 10.0 Å². The van der Waals surface area contributed by atoms with E-state index in [1.165, 1.54) is 17.0 Å². The van der Waals surface area contributed by atoms with Crippen LogP contribution in [0.3, 0.4) is 0 Å². The maximum absolute atomic E-state index is 13.9. The lowest BCUT2D eigenvalue weighted by atomic mass is 10.1. The van der Waals surface area contributed by atoms with E-state index < -0.39 is 28.5 Å². The molecule has 0 aliphatic rings. The summed E-state index contributed by atoms with van der Waals surface area (Å²) in [5.41, 5.74) is 1.07. The highest BCUT2D eigenvalue weighted by Gasteiger charge is 2.32. The number of anilines is 1. The second-order valence-corrected chi connectivity index (χ2v) is 12.5. The number of hydrogen-bond donors (Lipinski definition) is 1. The first-order chi connectivity index (χ1) is 18.0. The van der Waals surface area contributed by atoms with Crippen molar-refractivity contribution >= 4 is 61.7 Å². The number of hydrogen-bond acceptors (Lipinski definition) is 4. The van der Waals surface area contributed by atoms with Crippen molar-refractivity contribution in [3.63, 3.8) is 0 Å². The highest BCUT2D eigenvalue weighted by molar-refractivity contribution is 14.1. The van der Waals surface area contributed by atoms with E-state index in [9.17, 15) is 18.0 Å². The van der Waals surface area contributed by atoms with E-state index in [4.69, 9.17) is 11.6 Å². The predicted molar refractivity (Wildman–Crippen MR) is 159 cm³/mol. The summed E-state index contributed by atoms with van der Waals surface area (Å²) in [5.74, 6) is -0.837. The van der Waals surface area contributed by atoms with Crippen molar-refractivity contribution in [2.45, 2.75) is 50.7 Å². The van der Waals surface area contributed by atoms with E-state index in [0.717, 1.165) is 19.9 Å². The molecule has 2 atom stereocenters. The van der Waals surface area contributed by atoms with E-state index in [2.05, 4.69) is 27.9 Å². The highest BCUT2D eigenvalue weighted by Crippen LogP contribution is 2.25. The lowest BCUT2D eigenvalue weighted by molar-refractivity contribution is -0.139. The van der Waals surface area contributed by atoms with Crippen molar-refractivity contribution < 1.29 is 18.0 Å². The van der Waals surface area contributed by atoms with Crippen LogP contribution in [0.25, 0.3) is 0 Å². The Kier molecular flexibility index (Phi) is 10.6. The second kappa shape index (κ2) is 13.4. The van der Waals surface area contributed by atoms with Gasteiger partial charge in [0.05, 0.1) is 10.6 Å². The molecular formula is C28H31ClIN3O4S. The van der Waals surface area contributed by atoms with Gasteiger partial charge in [-0.15, -0.1) is 0 Å². The second-order valence-electron chi connectivity index (χ2n) is 8.95. The van der Waals surface area contributed by atoms with Crippen molar-refractivity contribution in [3.05, 3.63) is 93.0 Å². The van der Waals surface area contributed by atoms with Gasteiger partial charge in [-0.3, -0.25) is 13.9 Å². The smallest absolute Gasteiger partial charge is 0.264 e. The molecule has 0 unspecified atom stereocenters. The average molecular weight is 668 g/mol. The lowest BCUT2D eigenvalue weighted by Gasteiger charge is -2.32. The summed E-state index contributed by atoms with van der Waals surface area (Å²) in [7, 11) is -4.08. The summed E-state index contributed by atoms with van der Waals surface area (Å²) in [5, 5.41) is 3.42.